The van der Waals surface area contributed by atoms with Crippen LogP contribution < -0.4 is 0 Å². The Hall–Kier alpha value is -2.48. The third kappa shape index (κ3) is 2.52. The first-order valence-corrected chi connectivity index (χ1v) is 6.25. The largest absolute Gasteiger partial charge is 0.292 e. The Morgan fingerprint density at radius 2 is 1.68 bits per heavy atom. The minimum Gasteiger partial charge on any atom is -0.292 e. The predicted octanol–water partition coefficient (Wildman–Crippen LogP) is 3.66. The van der Waals surface area contributed by atoms with E-state index in [0.29, 0.717) is 12.1 Å². The van der Waals surface area contributed by atoms with Crippen LogP contribution in [0, 0.1) is 0 Å². The van der Waals surface area contributed by atoms with Crippen molar-refractivity contribution < 1.29 is 4.79 Å². The van der Waals surface area contributed by atoms with Gasteiger partial charge in [0, 0.05) is 12.6 Å². The predicted molar refractivity (Wildman–Crippen MR) is 76.2 cm³/mol. The molecular formula is C17H13NO. The van der Waals surface area contributed by atoms with E-state index < -0.39 is 0 Å². The lowest BCUT2D eigenvalue weighted by molar-refractivity contribution is 0.0988. The van der Waals surface area contributed by atoms with Crippen molar-refractivity contribution >= 4 is 16.6 Å². The molecule has 3 rings (SSSR count). The molecular weight excluding hydrogens is 234 g/mol. The Morgan fingerprint density at radius 3 is 2.47 bits per heavy atom. The average Bonchev–Trinajstić information content (AvgIpc) is 2.48. The summed E-state index contributed by atoms with van der Waals surface area (Å²) >= 11 is 0. The first-order valence-electron chi connectivity index (χ1n) is 6.25. The van der Waals surface area contributed by atoms with Gasteiger partial charge in [-0.15, -0.1) is 0 Å². The van der Waals surface area contributed by atoms with Gasteiger partial charge in [-0.1, -0.05) is 48.5 Å². The summed E-state index contributed by atoms with van der Waals surface area (Å²) in [5, 5.41) is 2.35. The zero-order valence-corrected chi connectivity index (χ0v) is 10.4. The molecule has 0 bridgehead atoms. The number of hydrogen-bond acceptors (Lipinski definition) is 2. The van der Waals surface area contributed by atoms with Crippen LogP contribution in [-0.4, -0.2) is 10.8 Å². The summed E-state index contributed by atoms with van der Waals surface area (Å²) in [6.07, 6.45) is 2.04. The highest BCUT2D eigenvalue weighted by molar-refractivity contribution is 5.96. The summed E-state index contributed by atoms with van der Waals surface area (Å²) in [4.78, 5) is 16.2. The van der Waals surface area contributed by atoms with E-state index in [1.165, 1.54) is 5.39 Å². The second-order valence-corrected chi connectivity index (χ2v) is 4.50. The maximum Gasteiger partial charge on any atom is 0.185 e. The summed E-state index contributed by atoms with van der Waals surface area (Å²) in [6.45, 7) is 0. The Bertz CT molecular complexity index is 719. The lowest BCUT2D eigenvalue weighted by atomic mass is 10.0. The van der Waals surface area contributed by atoms with Gasteiger partial charge in [0.15, 0.2) is 5.78 Å². The number of aromatic nitrogens is 1. The Kier molecular flexibility index (Phi) is 3.07. The molecule has 0 aliphatic rings. The SMILES string of the molecule is O=C(Cc1ccc2ccccc2c1)c1ccccn1. The number of benzene rings is 2. The van der Waals surface area contributed by atoms with Gasteiger partial charge in [-0.2, -0.15) is 0 Å². The monoisotopic (exact) mass is 247 g/mol. The number of carbonyl (C=O) groups is 1. The highest BCUT2D eigenvalue weighted by Crippen LogP contribution is 2.16. The molecule has 0 atom stereocenters. The van der Waals surface area contributed by atoms with Crippen molar-refractivity contribution in [3.63, 3.8) is 0 Å². The molecule has 1 aromatic heterocycles. The Labute approximate surface area is 111 Å². The maximum atomic E-state index is 12.1. The molecule has 0 fully saturated rings. The lowest BCUT2D eigenvalue weighted by Crippen LogP contribution is -2.05. The molecule has 0 saturated carbocycles. The van der Waals surface area contributed by atoms with Crippen LogP contribution in [0.2, 0.25) is 0 Å². The Balaban J connectivity index is 1.87. The Morgan fingerprint density at radius 1 is 0.895 bits per heavy atom. The van der Waals surface area contributed by atoms with Gasteiger partial charge in [-0.3, -0.25) is 9.78 Å². The molecule has 0 saturated heterocycles. The standard InChI is InChI=1S/C17H13NO/c19-17(16-7-3-4-10-18-16)12-13-8-9-14-5-1-2-6-15(14)11-13/h1-11H,12H2. The van der Waals surface area contributed by atoms with E-state index in [0.717, 1.165) is 10.9 Å². The normalized spacial score (nSPS) is 10.5. The molecule has 0 N–H and O–H groups in total. The molecule has 2 aromatic carbocycles. The van der Waals surface area contributed by atoms with Crippen LogP contribution in [0.25, 0.3) is 10.8 Å². The van der Waals surface area contributed by atoms with Crippen LogP contribution in [0.3, 0.4) is 0 Å². The van der Waals surface area contributed by atoms with Gasteiger partial charge in [0.25, 0.3) is 0 Å². The van der Waals surface area contributed by atoms with Gasteiger partial charge in [-0.25, -0.2) is 0 Å². The first-order chi connectivity index (χ1) is 9.33. The van der Waals surface area contributed by atoms with E-state index in [1.54, 1.807) is 12.3 Å². The summed E-state index contributed by atoms with van der Waals surface area (Å²) in [5.74, 6) is 0.0517. The van der Waals surface area contributed by atoms with E-state index in [4.69, 9.17) is 0 Å². The third-order valence-corrected chi connectivity index (χ3v) is 3.13. The maximum absolute atomic E-state index is 12.1. The van der Waals surface area contributed by atoms with E-state index in [1.807, 2.05) is 30.3 Å². The third-order valence-electron chi connectivity index (χ3n) is 3.13. The molecule has 19 heavy (non-hydrogen) atoms. The van der Waals surface area contributed by atoms with Gasteiger partial charge in [-0.05, 0) is 28.5 Å². The van der Waals surface area contributed by atoms with Gasteiger partial charge < -0.3 is 0 Å². The van der Waals surface area contributed by atoms with E-state index in [2.05, 4.69) is 29.2 Å². The zero-order chi connectivity index (χ0) is 13.1. The van der Waals surface area contributed by atoms with Crippen LogP contribution in [0.1, 0.15) is 16.1 Å². The van der Waals surface area contributed by atoms with Crippen LogP contribution in [0.5, 0.6) is 0 Å². The fraction of sp³-hybridized carbons (Fsp3) is 0.0588. The molecule has 3 aromatic rings. The number of nitrogens with zero attached hydrogens (tertiary/aromatic N) is 1. The first kappa shape index (κ1) is 11.6. The minimum absolute atomic E-state index is 0.0517. The van der Waals surface area contributed by atoms with Crippen LogP contribution in [-0.2, 0) is 6.42 Å². The van der Waals surface area contributed by atoms with E-state index >= 15 is 0 Å². The summed E-state index contributed by atoms with van der Waals surface area (Å²) < 4.78 is 0. The highest BCUT2D eigenvalue weighted by Gasteiger charge is 2.08. The van der Waals surface area contributed by atoms with Crippen molar-refractivity contribution in [3.05, 3.63) is 78.1 Å². The van der Waals surface area contributed by atoms with Crippen LogP contribution >= 0.6 is 0 Å². The summed E-state index contributed by atoms with van der Waals surface area (Å²) in [5.41, 5.74) is 1.55. The van der Waals surface area contributed by atoms with Crippen molar-refractivity contribution in [2.24, 2.45) is 0 Å². The van der Waals surface area contributed by atoms with Gasteiger partial charge >= 0.3 is 0 Å². The van der Waals surface area contributed by atoms with E-state index in [9.17, 15) is 4.79 Å². The second kappa shape index (κ2) is 5.02. The smallest absolute Gasteiger partial charge is 0.185 e. The number of ketones is 1. The zero-order valence-electron chi connectivity index (χ0n) is 10.4. The molecule has 0 aliphatic carbocycles. The molecule has 0 aliphatic heterocycles. The topological polar surface area (TPSA) is 30.0 Å². The number of Topliss-reactive ketones (excluding diaryl/α,β-unsaturated/α-hetero) is 1. The molecule has 0 amide bonds. The number of hydrogen-bond donors (Lipinski definition) is 0. The fourth-order valence-electron chi connectivity index (χ4n) is 2.15. The van der Waals surface area contributed by atoms with Crippen LogP contribution in [0.15, 0.2) is 66.9 Å². The highest BCUT2D eigenvalue weighted by atomic mass is 16.1. The number of pyridine rings is 1. The molecule has 0 radical (unpaired) electrons. The molecule has 92 valence electrons. The van der Waals surface area contributed by atoms with Gasteiger partial charge in [0.05, 0.1) is 0 Å². The minimum atomic E-state index is 0.0517. The molecule has 2 nitrogen and oxygen atoms in total. The van der Waals surface area contributed by atoms with E-state index in [-0.39, 0.29) is 5.78 Å². The van der Waals surface area contributed by atoms with Crippen molar-refractivity contribution in [2.45, 2.75) is 6.42 Å². The summed E-state index contributed by atoms with van der Waals surface area (Å²) in [6, 6.07) is 19.7. The molecule has 0 unspecified atom stereocenters. The van der Waals surface area contributed by atoms with Crippen molar-refractivity contribution in [1.29, 1.82) is 0 Å². The van der Waals surface area contributed by atoms with Gasteiger partial charge in [0.2, 0.25) is 0 Å². The number of carbonyl (C=O) groups excluding carboxylic acids is 1. The molecule has 2 heteroatoms. The number of rotatable bonds is 3. The van der Waals surface area contributed by atoms with Gasteiger partial charge in [0.1, 0.15) is 5.69 Å². The van der Waals surface area contributed by atoms with Crippen molar-refractivity contribution in [3.8, 4) is 0 Å². The fourth-order valence-corrected chi connectivity index (χ4v) is 2.15. The van der Waals surface area contributed by atoms with Crippen LogP contribution in [0.4, 0.5) is 0 Å². The second-order valence-electron chi connectivity index (χ2n) is 4.50. The number of fused-ring (bicyclic) bond motifs is 1. The van der Waals surface area contributed by atoms with Crippen molar-refractivity contribution in [1.82, 2.24) is 4.98 Å². The quantitative estimate of drug-likeness (QED) is 0.661. The lowest BCUT2D eigenvalue weighted by Gasteiger charge is -2.03. The molecule has 0 spiro atoms. The summed E-state index contributed by atoms with van der Waals surface area (Å²) in [7, 11) is 0. The molecule has 1 heterocycles. The van der Waals surface area contributed by atoms with Crippen molar-refractivity contribution in [2.75, 3.05) is 0 Å². The average molecular weight is 247 g/mol.